The summed E-state index contributed by atoms with van der Waals surface area (Å²) < 4.78 is 0. The minimum Gasteiger partial charge on any atom is -0.382 e. The first-order chi connectivity index (χ1) is 8.99. The van der Waals surface area contributed by atoms with Crippen molar-refractivity contribution < 1.29 is 9.59 Å². The lowest BCUT2D eigenvalue weighted by Gasteiger charge is -2.16. The Kier molecular flexibility index (Phi) is 5.56. The molecule has 0 spiro atoms. The van der Waals surface area contributed by atoms with Crippen LogP contribution in [-0.2, 0) is 4.79 Å². The van der Waals surface area contributed by atoms with E-state index in [-0.39, 0.29) is 24.7 Å². The number of hydrogen-bond donors (Lipinski definition) is 3. The van der Waals surface area contributed by atoms with Gasteiger partial charge < -0.3 is 21.7 Å². The molecule has 1 aromatic heterocycles. The second-order valence-electron chi connectivity index (χ2n) is 3.86. The maximum Gasteiger partial charge on any atom is 0.265 e. The lowest BCUT2D eigenvalue weighted by atomic mass is 10.4. The van der Waals surface area contributed by atoms with Gasteiger partial charge in [0.2, 0.25) is 5.91 Å². The number of nitrogen functional groups attached to an aromatic ring is 1. The van der Waals surface area contributed by atoms with E-state index in [0.29, 0.717) is 4.88 Å². The number of carbonyl (C=O) groups excluding carboxylic acids is 2. The molecule has 0 fully saturated rings. The number of rotatable bonds is 7. The zero-order chi connectivity index (χ0) is 14.4. The number of amides is 2. The highest BCUT2D eigenvalue weighted by atomic mass is 32.1. The van der Waals surface area contributed by atoms with E-state index in [9.17, 15) is 9.59 Å². The summed E-state index contributed by atoms with van der Waals surface area (Å²) in [5.41, 5.74) is 10.7. The molecular formula is C11H19N5O2S. The summed E-state index contributed by atoms with van der Waals surface area (Å²) in [5.74, 6) is -0.570. The molecular weight excluding hydrogens is 266 g/mol. The Labute approximate surface area is 116 Å². The Morgan fingerprint density at radius 3 is 2.53 bits per heavy atom. The van der Waals surface area contributed by atoms with Crippen molar-refractivity contribution in [2.75, 3.05) is 30.3 Å². The molecule has 2 amide bonds. The van der Waals surface area contributed by atoms with Gasteiger partial charge in [0, 0.05) is 26.1 Å². The van der Waals surface area contributed by atoms with E-state index in [1.165, 1.54) is 11.3 Å². The third-order valence-corrected chi connectivity index (χ3v) is 3.67. The third kappa shape index (κ3) is 4.09. The molecule has 0 aliphatic carbocycles. The normalized spacial score (nSPS) is 10.2. The molecule has 0 radical (unpaired) electrons. The number of nitrogens with two attached hydrogens (primary N) is 2. The van der Waals surface area contributed by atoms with Crippen molar-refractivity contribution in [3.63, 3.8) is 0 Å². The van der Waals surface area contributed by atoms with E-state index < -0.39 is 5.91 Å². The van der Waals surface area contributed by atoms with Crippen molar-refractivity contribution in [1.82, 2.24) is 10.3 Å². The first kappa shape index (κ1) is 15.2. The molecule has 1 rings (SSSR count). The van der Waals surface area contributed by atoms with Crippen molar-refractivity contribution in [3.8, 4) is 0 Å². The summed E-state index contributed by atoms with van der Waals surface area (Å²) in [5, 5.41) is 3.32. The van der Waals surface area contributed by atoms with Crippen molar-refractivity contribution in [3.05, 3.63) is 4.88 Å². The fraction of sp³-hybridized carbons (Fsp3) is 0.545. The van der Waals surface area contributed by atoms with Crippen LogP contribution in [0.5, 0.6) is 0 Å². The quantitative estimate of drug-likeness (QED) is 0.661. The molecule has 0 aliphatic heterocycles. The Balaban J connectivity index is 2.72. The smallest absolute Gasteiger partial charge is 0.265 e. The van der Waals surface area contributed by atoms with E-state index in [0.717, 1.165) is 18.2 Å². The zero-order valence-electron chi connectivity index (χ0n) is 11.1. The van der Waals surface area contributed by atoms with Crippen molar-refractivity contribution in [2.24, 2.45) is 5.73 Å². The fourth-order valence-corrected chi connectivity index (χ4v) is 2.52. The number of thiazole rings is 1. The highest BCUT2D eigenvalue weighted by Crippen LogP contribution is 2.27. The van der Waals surface area contributed by atoms with Crippen LogP contribution in [-0.4, -0.2) is 36.4 Å². The Bertz CT molecular complexity index is 456. The molecule has 0 bridgehead atoms. The molecule has 0 aromatic carbocycles. The molecule has 0 atom stereocenters. The number of primary amides is 1. The van der Waals surface area contributed by atoms with Crippen molar-refractivity contribution in [2.45, 2.75) is 20.3 Å². The Hall–Kier alpha value is -1.83. The fourth-order valence-electron chi connectivity index (χ4n) is 1.49. The van der Waals surface area contributed by atoms with Gasteiger partial charge in [-0.15, -0.1) is 0 Å². The lowest BCUT2D eigenvalue weighted by Crippen LogP contribution is -2.27. The first-order valence-corrected chi connectivity index (χ1v) is 6.88. The van der Waals surface area contributed by atoms with Gasteiger partial charge in [-0.1, -0.05) is 11.3 Å². The topological polar surface area (TPSA) is 114 Å². The van der Waals surface area contributed by atoms with Crippen LogP contribution in [0.2, 0.25) is 0 Å². The number of nitrogens with zero attached hydrogens (tertiary/aromatic N) is 2. The maximum atomic E-state index is 11.9. The van der Waals surface area contributed by atoms with Crippen LogP contribution in [0.3, 0.4) is 0 Å². The van der Waals surface area contributed by atoms with Crippen LogP contribution in [0.25, 0.3) is 0 Å². The highest BCUT2D eigenvalue weighted by molar-refractivity contribution is 7.18. The van der Waals surface area contributed by atoms with Gasteiger partial charge >= 0.3 is 0 Å². The second-order valence-corrected chi connectivity index (χ2v) is 4.83. The average molecular weight is 285 g/mol. The van der Waals surface area contributed by atoms with Crippen LogP contribution in [0.15, 0.2) is 0 Å². The van der Waals surface area contributed by atoms with Crippen LogP contribution in [0.4, 0.5) is 10.9 Å². The van der Waals surface area contributed by atoms with Crippen LogP contribution < -0.4 is 21.7 Å². The monoisotopic (exact) mass is 285 g/mol. The van der Waals surface area contributed by atoms with E-state index >= 15 is 0 Å². The SMILES string of the molecule is CCN(CC)c1nc(N)c(C(=O)NCCC(N)=O)s1. The van der Waals surface area contributed by atoms with Gasteiger partial charge in [0.1, 0.15) is 10.7 Å². The summed E-state index contributed by atoms with van der Waals surface area (Å²) in [7, 11) is 0. The molecule has 7 nitrogen and oxygen atoms in total. The summed E-state index contributed by atoms with van der Waals surface area (Å²) >= 11 is 1.25. The number of nitrogens with one attached hydrogen (secondary N) is 1. The summed E-state index contributed by atoms with van der Waals surface area (Å²) in [6.07, 6.45) is 0.105. The van der Waals surface area contributed by atoms with Gasteiger partial charge in [-0.2, -0.15) is 0 Å². The predicted molar refractivity (Wildman–Crippen MR) is 76.2 cm³/mol. The molecule has 106 valence electrons. The molecule has 5 N–H and O–H groups in total. The molecule has 0 unspecified atom stereocenters. The standard InChI is InChI=1S/C11H19N5O2S/c1-3-16(4-2)11-15-9(13)8(19-11)10(18)14-6-5-7(12)17/h3-6,13H2,1-2H3,(H2,12,17)(H,14,18). The Morgan fingerprint density at radius 1 is 1.37 bits per heavy atom. The van der Waals surface area contributed by atoms with Gasteiger partial charge in [0.05, 0.1) is 0 Å². The van der Waals surface area contributed by atoms with Crippen molar-refractivity contribution >= 4 is 34.1 Å². The van der Waals surface area contributed by atoms with E-state index in [1.807, 2.05) is 18.7 Å². The van der Waals surface area contributed by atoms with Crippen LogP contribution >= 0.6 is 11.3 Å². The minimum atomic E-state index is -0.457. The highest BCUT2D eigenvalue weighted by Gasteiger charge is 2.18. The van der Waals surface area contributed by atoms with Gasteiger partial charge in [-0.25, -0.2) is 4.98 Å². The predicted octanol–water partition coefficient (Wildman–Crippen LogP) is 0.177. The van der Waals surface area contributed by atoms with Gasteiger partial charge in [0.15, 0.2) is 5.13 Å². The molecule has 0 saturated heterocycles. The molecule has 0 saturated carbocycles. The molecule has 0 aliphatic rings. The van der Waals surface area contributed by atoms with Gasteiger partial charge in [-0.3, -0.25) is 9.59 Å². The number of anilines is 2. The summed E-state index contributed by atoms with van der Waals surface area (Å²) in [4.78, 5) is 29.0. The van der Waals surface area contributed by atoms with Crippen LogP contribution in [0.1, 0.15) is 29.9 Å². The number of hydrogen-bond acceptors (Lipinski definition) is 6. The zero-order valence-corrected chi connectivity index (χ0v) is 11.9. The largest absolute Gasteiger partial charge is 0.382 e. The van der Waals surface area contributed by atoms with Crippen molar-refractivity contribution in [1.29, 1.82) is 0 Å². The lowest BCUT2D eigenvalue weighted by molar-refractivity contribution is -0.117. The minimum absolute atomic E-state index is 0.105. The van der Waals surface area contributed by atoms with Gasteiger partial charge in [0.25, 0.3) is 5.91 Å². The molecule has 19 heavy (non-hydrogen) atoms. The van der Waals surface area contributed by atoms with Gasteiger partial charge in [-0.05, 0) is 13.8 Å². The third-order valence-electron chi connectivity index (χ3n) is 2.54. The second kappa shape index (κ2) is 6.93. The summed E-state index contributed by atoms with van der Waals surface area (Å²) in [6, 6.07) is 0. The summed E-state index contributed by atoms with van der Waals surface area (Å²) in [6.45, 7) is 5.81. The van der Waals surface area contributed by atoms with E-state index in [4.69, 9.17) is 11.5 Å². The average Bonchev–Trinajstić information content (AvgIpc) is 2.72. The molecule has 8 heteroatoms. The van der Waals surface area contributed by atoms with Crippen LogP contribution in [0, 0.1) is 0 Å². The molecule has 1 aromatic rings. The van der Waals surface area contributed by atoms with E-state index in [1.54, 1.807) is 0 Å². The number of carbonyl (C=O) groups is 2. The Morgan fingerprint density at radius 2 is 2.00 bits per heavy atom. The van der Waals surface area contributed by atoms with E-state index in [2.05, 4.69) is 10.3 Å². The number of aromatic nitrogens is 1. The first-order valence-electron chi connectivity index (χ1n) is 6.07. The maximum absolute atomic E-state index is 11.9. The molecule has 1 heterocycles.